The van der Waals surface area contributed by atoms with Gasteiger partial charge in [-0.05, 0) is 30.0 Å². The molecule has 3 heterocycles. The van der Waals surface area contributed by atoms with Crippen LogP contribution in [0.15, 0.2) is 23.8 Å². The predicted molar refractivity (Wildman–Crippen MR) is 92.8 cm³/mol. The van der Waals surface area contributed by atoms with Gasteiger partial charge in [0.1, 0.15) is 5.82 Å². The average Bonchev–Trinajstić information content (AvgIpc) is 3.22. The molecule has 1 atom stereocenters. The average molecular weight is 332 g/mol. The molecule has 1 aliphatic rings. The number of aryl methyl sites for hydroxylation is 2. The molecule has 0 N–H and O–H groups in total. The van der Waals surface area contributed by atoms with Crippen LogP contribution in [0.4, 0.5) is 0 Å². The first kappa shape index (κ1) is 16.2. The highest BCUT2D eigenvalue weighted by molar-refractivity contribution is 7.12. The van der Waals surface area contributed by atoms with Crippen molar-refractivity contribution in [2.24, 2.45) is 7.05 Å². The normalized spacial score (nSPS) is 19.3. The molecule has 23 heavy (non-hydrogen) atoms. The molecule has 124 valence electrons. The van der Waals surface area contributed by atoms with Crippen LogP contribution in [-0.2, 0) is 13.5 Å². The maximum absolute atomic E-state index is 12.9. The highest BCUT2D eigenvalue weighted by Crippen LogP contribution is 2.27. The number of carbonyl (C=O) groups is 1. The highest BCUT2D eigenvalue weighted by Gasteiger charge is 2.33. The minimum Gasteiger partial charge on any atom is -0.337 e. The summed E-state index contributed by atoms with van der Waals surface area (Å²) in [6.07, 6.45) is 4.71. The Labute approximate surface area is 141 Å². The van der Waals surface area contributed by atoms with Crippen LogP contribution >= 0.6 is 11.3 Å². The lowest BCUT2D eigenvalue weighted by atomic mass is 10.1. The van der Waals surface area contributed by atoms with Crippen LogP contribution in [0.5, 0.6) is 0 Å². The Bertz CT molecular complexity index is 678. The summed E-state index contributed by atoms with van der Waals surface area (Å²) in [5.41, 5.74) is 1.16. The van der Waals surface area contributed by atoms with E-state index in [0.717, 1.165) is 42.3 Å². The zero-order valence-corrected chi connectivity index (χ0v) is 14.8. The molecule has 0 aromatic carbocycles. The number of piperazine rings is 1. The Morgan fingerprint density at radius 3 is 2.87 bits per heavy atom. The second-order valence-corrected chi connectivity index (χ2v) is 6.84. The fraction of sp³-hybridized carbons (Fsp3) is 0.529. The summed E-state index contributed by atoms with van der Waals surface area (Å²) in [4.78, 5) is 22.7. The van der Waals surface area contributed by atoms with Crippen molar-refractivity contribution >= 4 is 17.2 Å². The Morgan fingerprint density at radius 2 is 2.22 bits per heavy atom. The van der Waals surface area contributed by atoms with E-state index in [9.17, 15) is 4.79 Å². The van der Waals surface area contributed by atoms with E-state index in [1.165, 1.54) is 0 Å². The fourth-order valence-corrected chi connectivity index (χ4v) is 4.23. The molecule has 3 rings (SSSR count). The van der Waals surface area contributed by atoms with Gasteiger partial charge in [0.05, 0.1) is 10.9 Å². The smallest absolute Gasteiger partial charge is 0.264 e. The summed E-state index contributed by atoms with van der Waals surface area (Å²) in [6, 6.07) is 2.24. The minimum atomic E-state index is 0.169. The minimum absolute atomic E-state index is 0.169. The summed E-state index contributed by atoms with van der Waals surface area (Å²) in [6.45, 7) is 7.63. The van der Waals surface area contributed by atoms with Gasteiger partial charge in [-0.1, -0.05) is 13.8 Å². The molecular formula is C17H24N4OS. The molecule has 2 aromatic rings. The van der Waals surface area contributed by atoms with Gasteiger partial charge >= 0.3 is 0 Å². The largest absolute Gasteiger partial charge is 0.337 e. The van der Waals surface area contributed by atoms with Gasteiger partial charge in [0.15, 0.2) is 0 Å². The van der Waals surface area contributed by atoms with Gasteiger partial charge in [-0.25, -0.2) is 4.98 Å². The lowest BCUT2D eigenvalue weighted by molar-refractivity contribution is 0.0476. The van der Waals surface area contributed by atoms with E-state index < -0.39 is 0 Å². The van der Waals surface area contributed by atoms with E-state index in [1.54, 1.807) is 11.3 Å². The molecule has 0 bridgehead atoms. The Morgan fingerprint density at radius 1 is 1.39 bits per heavy atom. The summed E-state index contributed by atoms with van der Waals surface area (Å²) in [5, 5.41) is 2.02. The third-order valence-electron chi connectivity index (χ3n) is 4.66. The van der Waals surface area contributed by atoms with Crippen LogP contribution < -0.4 is 0 Å². The van der Waals surface area contributed by atoms with Gasteiger partial charge in [0.25, 0.3) is 5.91 Å². The number of hydrogen-bond acceptors (Lipinski definition) is 4. The van der Waals surface area contributed by atoms with Crippen molar-refractivity contribution in [3.05, 3.63) is 40.1 Å². The first-order valence-corrected chi connectivity index (χ1v) is 9.10. The molecular weight excluding hydrogens is 308 g/mol. The lowest BCUT2D eigenvalue weighted by Gasteiger charge is -2.40. The van der Waals surface area contributed by atoms with Crippen LogP contribution in [0.25, 0.3) is 0 Å². The maximum atomic E-state index is 12.9. The Hall–Kier alpha value is -1.66. The van der Waals surface area contributed by atoms with E-state index in [2.05, 4.69) is 34.4 Å². The molecule has 2 aromatic heterocycles. The second kappa shape index (κ2) is 6.84. The number of hydrogen-bond donors (Lipinski definition) is 0. The Balaban J connectivity index is 1.83. The zero-order valence-electron chi connectivity index (χ0n) is 14.0. The fourth-order valence-electron chi connectivity index (χ4n) is 3.27. The monoisotopic (exact) mass is 332 g/mol. The van der Waals surface area contributed by atoms with Crippen LogP contribution in [0.2, 0.25) is 0 Å². The van der Waals surface area contributed by atoms with Crippen LogP contribution in [0.1, 0.15) is 40.9 Å². The van der Waals surface area contributed by atoms with E-state index in [4.69, 9.17) is 0 Å². The van der Waals surface area contributed by atoms with Crippen molar-refractivity contribution < 1.29 is 4.79 Å². The molecule has 1 saturated heterocycles. The molecule has 5 nitrogen and oxygen atoms in total. The van der Waals surface area contributed by atoms with Gasteiger partial charge in [-0.15, -0.1) is 11.3 Å². The number of thiophene rings is 1. The first-order chi connectivity index (χ1) is 11.2. The van der Waals surface area contributed by atoms with Gasteiger partial charge in [0.2, 0.25) is 0 Å². The number of amides is 1. The third kappa shape index (κ3) is 3.05. The van der Waals surface area contributed by atoms with Gasteiger partial charge < -0.3 is 9.47 Å². The molecule has 0 spiro atoms. The summed E-state index contributed by atoms with van der Waals surface area (Å²) in [7, 11) is 2.02. The van der Waals surface area contributed by atoms with Gasteiger partial charge in [-0.3, -0.25) is 9.69 Å². The quantitative estimate of drug-likeness (QED) is 0.864. The van der Waals surface area contributed by atoms with Crippen molar-refractivity contribution in [1.29, 1.82) is 0 Å². The Kier molecular flexibility index (Phi) is 4.82. The third-order valence-corrected chi connectivity index (χ3v) is 5.61. The van der Waals surface area contributed by atoms with Crippen molar-refractivity contribution in [2.45, 2.75) is 26.3 Å². The van der Waals surface area contributed by atoms with E-state index in [-0.39, 0.29) is 11.9 Å². The summed E-state index contributed by atoms with van der Waals surface area (Å²) < 4.78 is 2.06. The number of likely N-dealkylation sites (N-methyl/N-ethyl adjacent to an activating group) is 1. The topological polar surface area (TPSA) is 41.4 Å². The van der Waals surface area contributed by atoms with E-state index in [1.807, 2.05) is 29.7 Å². The van der Waals surface area contributed by atoms with Crippen molar-refractivity contribution in [1.82, 2.24) is 19.4 Å². The summed E-state index contributed by atoms with van der Waals surface area (Å²) in [5.74, 6) is 1.21. The second-order valence-electron chi connectivity index (χ2n) is 5.92. The standard InChI is InChI=1S/C17H24N4OS/c1-4-13-6-11-23-15(13)17(22)21-10-9-20(5-2)14(12-21)16-18-7-8-19(16)3/h6-8,11,14H,4-5,9-10,12H2,1-3H3/t14-/m0/s1. The van der Waals surface area contributed by atoms with E-state index in [0.29, 0.717) is 6.54 Å². The molecule has 0 unspecified atom stereocenters. The van der Waals surface area contributed by atoms with Crippen LogP contribution in [0.3, 0.4) is 0 Å². The van der Waals surface area contributed by atoms with Gasteiger partial charge in [-0.2, -0.15) is 0 Å². The van der Waals surface area contributed by atoms with Crippen LogP contribution in [0, 0.1) is 0 Å². The maximum Gasteiger partial charge on any atom is 0.264 e. The number of imidazole rings is 1. The molecule has 0 saturated carbocycles. The van der Waals surface area contributed by atoms with Crippen LogP contribution in [-0.4, -0.2) is 51.4 Å². The van der Waals surface area contributed by atoms with Crippen molar-refractivity contribution in [2.75, 3.05) is 26.2 Å². The van der Waals surface area contributed by atoms with Gasteiger partial charge in [0, 0.05) is 39.1 Å². The predicted octanol–water partition coefficient (Wildman–Crippen LogP) is 2.56. The SMILES string of the molecule is CCc1ccsc1C(=O)N1CCN(CC)[C@H](c2nccn2C)C1. The molecule has 1 fully saturated rings. The first-order valence-electron chi connectivity index (χ1n) is 8.22. The zero-order chi connectivity index (χ0) is 16.4. The molecule has 0 radical (unpaired) electrons. The molecule has 1 amide bonds. The van der Waals surface area contributed by atoms with Crippen molar-refractivity contribution in [3.8, 4) is 0 Å². The number of aromatic nitrogens is 2. The number of rotatable bonds is 4. The lowest BCUT2D eigenvalue weighted by Crippen LogP contribution is -2.50. The summed E-state index contributed by atoms with van der Waals surface area (Å²) >= 11 is 1.56. The molecule has 0 aliphatic carbocycles. The molecule has 1 aliphatic heterocycles. The highest BCUT2D eigenvalue weighted by atomic mass is 32.1. The molecule has 6 heteroatoms. The number of carbonyl (C=O) groups excluding carboxylic acids is 1. The van der Waals surface area contributed by atoms with Crippen molar-refractivity contribution in [3.63, 3.8) is 0 Å². The van der Waals surface area contributed by atoms with E-state index >= 15 is 0 Å². The number of nitrogens with zero attached hydrogens (tertiary/aromatic N) is 4.